The molecule has 6 nitrogen and oxygen atoms in total. The number of nitrogens with zero attached hydrogens (tertiary/aromatic N) is 3. The molecule has 0 aromatic heterocycles. The zero-order valence-corrected chi connectivity index (χ0v) is 16.0. The summed E-state index contributed by atoms with van der Waals surface area (Å²) in [5.41, 5.74) is 6.55. The summed E-state index contributed by atoms with van der Waals surface area (Å²) in [6.45, 7) is 6.52. The van der Waals surface area contributed by atoms with Gasteiger partial charge in [-0.15, -0.1) is 0 Å². The summed E-state index contributed by atoms with van der Waals surface area (Å²) < 4.78 is 0. The maximum Gasteiger partial charge on any atom is 0.239 e. The van der Waals surface area contributed by atoms with Crippen LogP contribution < -0.4 is 10.6 Å². The van der Waals surface area contributed by atoms with Gasteiger partial charge in [0, 0.05) is 50.0 Å². The van der Waals surface area contributed by atoms with Gasteiger partial charge in [-0.2, -0.15) is 0 Å². The lowest BCUT2D eigenvalue weighted by molar-refractivity contribution is -0.139. The zero-order chi connectivity index (χ0) is 18.7. The quantitative estimate of drug-likeness (QED) is 0.863. The van der Waals surface area contributed by atoms with Crippen LogP contribution in [0, 0.1) is 5.92 Å². The number of likely N-dealkylation sites (tertiary alicyclic amines) is 1. The Morgan fingerprint density at radius 3 is 2.58 bits per heavy atom. The second-order valence-corrected chi connectivity index (χ2v) is 7.64. The molecule has 3 rings (SSSR count). The third-order valence-corrected chi connectivity index (χ3v) is 5.76. The monoisotopic (exact) mass is 378 g/mol. The lowest BCUT2D eigenvalue weighted by Gasteiger charge is -2.41. The van der Waals surface area contributed by atoms with E-state index in [1.54, 1.807) is 0 Å². The largest absolute Gasteiger partial charge is 0.369 e. The summed E-state index contributed by atoms with van der Waals surface area (Å²) in [6, 6.07) is 7.70. The Kier molecular flexibility index (Phi) is 6.04. The van der Waals surface area contributed by atoms with Gasteiger partial charge < -0.3 is 15.5 Å². The zero-order valence-electron chi connectivity index (χ0n) is 15.2. The van der Waals surface area contributed by atoms with Crippen molar-refractivity contribution in [1.82, 2.24) is 9.80 Å². The summed E-state index contributed by atoms with van der Waals surface area (Å²) in [4.78, 5) is 30.6. The number of carbonyl (C=O) groups is 2. The third kappa shape index (κ3) is 4.30. The Morgan fingerprint density at radius 1 is 1.19 bits per heavy atom. The van der Waals surface area contributed by atoms with Gasteiger partial charge in [0.15, 0.2) is 0 Å². The van der Waals surface area contributed by atoms with Crippen molar-refractivity contribution < 1.29 is 9.59 Å². The fraction of sp³-hybridized carbons (Fsp3) is 0.579. The Morgan fingerprint density at radius 2 is 1.92 bits per heavy atom. The van der Waals surface area contributed by atoms with Crippen LogP contribution in [0.25, 0.3) is 0 Å². The van der Waals surface area contributed by atoms with Crippen molar-refractivity contribution >= 4 is 29.1 Å². The molecule has 0 saturated carbocycles. The minimum Gasteiger partial charge on any atom is -0.369 e. The lowest BCUT2D eigenvalue weighted by Crippen LogP contribution is -2.56. The van der Waals surface area contributed by atoms with Gasteiger partial charge in [-0.3, -0.25) is 14.5 Å². The van der Waals surface area contributed by atoms with Crippen LogP contribution in [0.4, 0.5) is 5.69 Å². The highest BCUT2D eigenvalue weighted by molar-refractivity contribution is 6.30. The first-order valence-electron chi connectivity index (χ1n) is 9.28. The van der Waals surface area contributed by atoms with Crippen LogP contribution in [0.2, 0.25) is 5.02 Å². The molecule has 2 saturated heterocycles. The second kappa shape index (κ2) is 8.27. The molecule has 0 aliphatic carbocycles. The normalized spacial score (nSPS) is 22.9. The van der Waals surface area contributed by atoms with Gasteiger partial charge in [0.1, 0.15) is 0 Å². The van der Waals surface area contributed by atoms with Crippen LogP contribution in [0.3, 0.4) is 0 Å². The molecule has 142 valence electrons. The number of rotatable bonds is 4. The third-order valence-electron chi connectivity index (χ3n) is 5.53. The lowest BCUT2D eigenvalue weighted by atomic mass is 9.97. The first kappa shape index (κ1) is 19.0. The van der Waals surface area contributed by atoms with E-state index in [1.807, 2.05) is 30.0 Å². The van der Waals surface area contributed by atoms with Gasteiger partial charge in [0.2, 0.25) is 11.8 Å². The van der Waals surface area contributed by atoms with Crippen LogP contribution in [-0.4, -0.2) is 66.9 Å². The average molecular weight is 379 g/mol. The number of halogens is 1. The molecule has 0 unspecified atom stereocenters. The number of amides is 2. The summed E-state index contributed by atoms with van der Waals surface area (Å²) in [5.74, 6) is -0.406. The molecule has 2 N–H and O–H groups in total. The highest BCUT2D eigenvalue weighted by atomic mass is 35.5. The SMILES string of the molecule is C[C@H](C(=O)N1CCC[C@@H](C(N)=O)C1)N1CCN(c2cccc(Cl)c2)CC1. The molecule has 2 aliphatic heterocycles. The van der Waals surface area contributed by atoms with Crippen LogP contribution >= 0.6 is 11.6 Å². The molecule has 2 atom stereocenters. The van der Waals surface area contributed by atoms with E-state index in [2.05, 4.69) is 15.9 Å². The predicted octanol–water partition coefficient (Wildman–Crippen LogP) is 1.57. The molecule has 2 aliphatic rings. The van der Waals surface area contributed by atoms with Gasteiger partial charge in [-0.1, -0.05) is 17.7 Å². The minimum atomic E-state index is -0.301. The van der Waals surface area contributed by atoms with E-state index in [1.165, 1.54) is 0 Å². The Balaban J connectivity index is 1.55. The topological polar surface area (TPSA) is 69.9 Å². The molecular weight excluding hydrogens is 352 g/mol. The highest BCUT2D eigenvalue weighted by Gasteiger charge is 2.32. The molecule has 0 spiro atoms. The Hall–Kier alpha value is -1.79. The number of anilines is 1. The molecule has 0 radical (unpaired) electrons. The standard InChI is InChI=1S/C19H27ClN4O2/c1-14(19(26)24-7-3-4-15(13-24)18(21)25)22-8-10-23(11-9-22)17-6-2-5-16(20)12-17/h2,5-6,12,14-15H,3-4,7-11,13H2,1H3,(H2,21,25)/t14-,15-/m1/s1. The van der Waals surface area contributed by atoms with Crippen LogP contribution in [0.5, 0.6) is 0 Å². The minimum absolute atomic E-state index is 0.104. The van der Waals surface area contributed by atoms with Crippen LogP contribution in [0.1, 0.15) is 19.8 Å². The van der Waals surface area contributed by atoms with Crippen molar-refractivity contribution in [3.63, 3.8) is 0 Å². The number of nitrogens with two attached hydrogens (primary N) is 1. The number of hydrogen-bond donors (Lipinski definition) is 1. The number of hydrogen-bond acceptors (Lipinski definition) is 4. The van der Waals surface area contributed by atoms with Crippen molar-refractivity contribution in [3.8, 4) is 0 Å². The smallest absolute Gasteiger partial charge is 0.239 e. The fourth-order valence-corrected chi connectivity index (χ4v) is 4.05. The first-order chi connectivity index (χ1) is 12.5. The number of carbonyl (C=O) groups excluding carboxylic acids is 2. The van der Waals surface area contributed by atoms with Crippen LogP contribution in [-0.2, 0) is 9.59 Å². The molecular formula is C19H27ClN4O2. The molecule has 0 bridgehead atoms. The van der Waals surface area contributed by atoms with Gasteiger partial charge in [0.05, 0.1) is 12.0 Å². The molecule has 7 heteroatoms. The van der Waals surface area contributed by atoms with E-state index in [9.17, 15) is 9.59 Å². The summed E-state index contributed by atoms with van der Waals surface area (Å²) in [7, 11) is 0. The van der Waals surface area contributed by atoms with E-state index in [0.717, 1.165) is 56.3 Å². The van der Waals surface area contributed by atoms with E-state index >= 15 is 0 Å². The van der Waals surface area contributed by atoms with Crippen molar-refractivity contribution in [1.29, 1.82) is 0 Å². The van der Waals surface area contributed by atoms with Crippen molar-refractivity contribution in [3.05, 3.63) is 29.3 Å². The Bertz CT molecular complexity index is 661. The number of piperazine rings is 1. The maximum absolute atomic E-state index is 12.9. The van der Waals surface area contributed by atoms with E-state index < -0.39 is 0 Å². The molecule has 2 heterocycles. The average Bonchev–Trinajstić information content (AvgIpc) is 2.67. The molecule has 26 heavy (non-hydrogen) atoms. The van der Waals surface area contributed by atoms with Gasteiger partial charge >= 0.3 is 0 Å². The second-order valence-electron chi connectivity index (χ2n) is 7.20. The Labute approximate surface area is 159 Å². The van der Waals surface area contributed by atoms with Crippen molar-refractivity contribution in [2.75, 3.05) is 44.2 Å². The predicted molar refractivity (Wildman–Crippen MR) is 103 cm³/mol. The molecule has 1 aromatic rings. The number of primary amides is 1. The summed E-state index contributed by atoms with van der Waals surface area (Å²) >= 11 is 6.08. The van der Waals surface area contributed by atoms with E-state index in [4.69, 9.17) is 17.3 Å². The summed E-state index contributed by atoms with van der Waals surface area (Å²) in [5, 5.41) is 0.738. The van der Waals surface area contributed by atoms with E-state index in [0.29, 0.717) is 6.54 Å². The number of benzene rings is 1. The first-order valence-corrected chi connectivity index (χ1v) is 9.66. The molecule has 2 fully saturated rings. The number of piperidine rings is 1. The van der Waals surface area contributed by atoms with Gasteiger partial charge in [0.25, 0.3) is 0 Å². The van der Waals surface area contributed by atoms with Crippen molar-refractivity contribution in [2.24, 2.45) is 11.7 Å². The molecule has 1 aromatic carbocycles. The summed E-state index contributed by atoms with van der Waals surface area (Å²) in [6.07, 6.45) is 1.63. The fourth-order valence-electron chi connectivity index (χ4n) is 3.87. The maximum atomic E-state index is 12.9. The highest BCUT2D eigenvalue weighted by Crippen LogP contribution is 2.22. The van der Waals surface area contributed by atoms with Crippen molar-refractivity contribution in [2.45, 2.75) is 25.8 Å². The van der Waals surface area contributed by atoms with E-state index in [-0.39, 0.29) is 23.8 Å². The van der Waals surface area contributed by atoms with Crippen LogP contribution in [0.15, 0.2) is 24.3 Å². The van der Waals surface area contributed by atoms with Gasteiger partial charge in [-0.05, 0) is 38.0 Å². The molecule has 2 amide bonds. The van der Waals surface area contributed by atoms with Gasteiger partial charge in [-0.25, -0.2) is 0 Å².